The standard InChI is InChI=1S/C13H21N3O3S/c1-16-6-5-10(9-16)8-15-20(17,18)13-7-11(14)3-4-12(13)19-2/h3-4,7,10,15H,5-6,8-9,14H2,1-2H3. The van der Waals surface area contributed by atoms with Gasteiger partial charge in [-0.3, -0.25) is 0 Å². The lowest BCUT2D eigenvalue weighted by Crippen LogP contribution is -2.30. The molecule has 0 bridgehead atoms. The van der Waals surface area contributed by atoms with Gasteiger partial charge in [-0.1, -0.05) is 0 Å². The van der Waals surface area contributed by atoms with Gasteiger partial charge < -0.3 is 15.4 Å². The fourth-order valence-corrected chi connectivity index (χ4v) is 3.72. The van der Waals surface area contributed by atoms with Gasteiger partial charge in [0.05, 0.1) is 7.11 Å². The van der Waals surface area contributed by atoms with Gasteiger partial charge in [0.25, 0.3) is 0 Å². The number of benzene rings is 1. The quantitative estimate of drug-likeness (QED) is 0.774. The van der Waals surface area contributed by atoms with Gasteiger partial charge >= 0.3 is 0 Å². The van der Waals surface area contributed by atoms with Crippen molar-refractivity contribution in [3.8, 4) is 5.75 Å². The van der Waals surface area contributed by atoms with Crippen molar-refractivity contribution in [1.29, 1.82) is 0 Å². The van der Waals surface area contributed by atoms with Crippen molar-refractivity contribution in [2.24, 2.45) is 5.92 Å². The highest BCUT2D eigenvalue weighted by atomic mass is 32.2. The van der Waals surface area contributed by atoms with Crippen molar-refractivity contribution < 1.29 is 13.2 Å². The summed E-state index contributed by atoms with van der Waals surface area (Å²) in [6, 6.07) is 4.60. The molecule has 20 heavy (non-hydrogen) atoms. The van der Waals surface area contributed by atoms with E-state index in [1.54, 1.807) is 12.1 Å². The second-order valence-electron chi connectivity index (χ2n) is 5.18. The second-order valence-corrected chi connectivity index (χ2v) is 6.91. The van der Waals surface area contributed by atoms with Crippen LogP contribution in [0.15, 0.2) is 23.1 Å². The normalized spacial score (nSPS) is 20.2. The highest BCUT2D eigenvalue weighted by molar-refractivity contribution is 7.89. The maximum absolute atomic E-state index is 12.3. The summed E-state index contributed by atoms with van der Waals surface area (Å²) in [5.41, 5.74) is 6.06. The molecule has 0 amide bonds. The third-order valence-electron chi connectivity index (χ3n) is 3.53. The highest BCUT2D eigenvalue weighted by Gasteiger charge is 2.24. The summed E-state index contributed by atoms with van der Waals surface area (Å²) in [5, 5.41) is 0. The topological polar surface area (TPSA) is 84.7 Å². The van der Waals surface area contributed by atoms with Gasteiger partial charge in [-0.2, -0.15) is 0 Å². The lowest BCUT2D eigenvalue weighted by molar-refractivity contribution is 0.393. The van der Waals surface area contributed by atoms with E-state index >= 15 is 0 Å². The molecule has 3 N–H and O–H groups in total. The fourth-order valence-electron chi connectivity index (χ4n) is 2.40. The molecule has 1 aliphatic heterocycles. The summed E-state index contributed by atoms with van der Waals surface area (Å²) < 4.78 is 32.4. The van der Waals surface area contributed by atoms with E-state index in [1.165, 1.54) is 13.2 Å². The number of hydrogen-bond donors (Lipinski definition) is 2. The third-order valence-corrected chi connectivity index (χ3v) is 4.97. The molecule has 6 nitrogen and oxygen atoms in total. The fraction of sp³-hybridized carbons (Fsp3) is 0.538. The van der Waals surface area contributed by atoms with E-state index in [1.807, 2.05) is 7.05 Å². The Balaban J connectivity index is 2.12. The number of rotatable bonds is 5. The van der Waals surface area contributed by atoms with Crippen LogP contribution < -0.4 is 15.2 Å². The molecule has 1 fully saturated rings. The lowest BCUT2D eigenvalue weighted by Gasteiger charge is -2.14. The maximum atomic E-state index is 12.3. The SMILES string of the molecule is COc1ccc(N)cc1S(=O)(=O)NCC1CCN(C)C1. The minimum atomic E-state index is -3.60. The molecule has 1 atom stereocenters. The van der Waals surface area contributed by atoms with Crippen molar-refractivity contribution in [3.63, 3.8) is 0 Å². The van der Waals surface area contributed by atoms with Crippen LogP contribution in [0.1, 0.15) is 6.42 Å². The summed E-state index contributed by atoms with van der Waals surface area (Å²) in [6.07, 6.45) is 1.01. The van der Waals surface area contributed by atoms with Gasteiger partial charge in [-0.15, -0.1) is 0 Å². The molecule has 112 valence electrons. The van der Waals surface area contributed by atoms with E-state index in [0.29, 0.717) is 23.9 Å². The summed E-state index contributed by atoms with van der Waals surface area (Å²) >= 11 is 0. The molecule has 1 saturated heterocycles. The first-order chi connectivity index (χ1) is 9.42. The van der Waals surface area contributed by atoms with E-state index in [4.69, 9.17) is 10.5 Å². The van der Waals surface area contributed by atoms with Gasteiger partial charge in [0.15, 0.2) is 0 Å². The monoisotopic (exact) mass is 299 g/mol. The lowest BCUT2D eigenvalue weighted by atomic mass is 10.1. The minimum Gasteiger partial charge on any atom is -0.495 e. The minimum absolute atomic E-state index is 0.0892. The molecule has 7 heteroatoms. The van der Waals surface area contributed by atoms with Crippen LogP contribution in [0.25, 0.3) is 0 Å². The smallest absolute Gasteiger partial charge is 0.244 e. The van der Waals surface area contributed by atoms with Crippen LogP contribution >= 0.6 is 0 Å². The molecule has 0 radical (unpaired) electrons. The number of anilines is 1. The zero-order chi connectivity index (χ0) is 14.8. The van der Waals surface area contributed by atoms with E-state index in [2.05, 4.69) is 9.62 Å². The molecule has 1 aromatic rings. The number of sulfonamides is 1. The first-order valence-corrected chi connectivity index (χ1v) is 8.02. The number of likely N-dealkylation sites (tertiary alicyclic amines) is 1. The van der Waals surface area contributed by atoms with Gasteiger partial charge in [0.1, 0.15) is 10.6 Å². The molecule has 1 aromatic carbocycles. The molecule has 1 aliphatic rings. The molecule has 0 aliphatic carbocycles. The zero-order valence-electron chi connectivity index (χ0n) is 11.8. The van der Waals surface area contributed by atoms with Crippen LogP contribution in [0.5, 0.6) is 5.75 Å². The van der Waals surface area contributed by atoms with E-state index in [9.17, 15) is 8.42 Å². The first kappa shape index (κ1) is 15.1. The molecule has 1 heterocycles. The van der Waals surface area contributed by atoms with Crippen LogP contribution in [-0.2, 0) is 10.0 Å². The van der Waals surface area contributed by atoms with Crippen molar-refractivity contribution >= 4 is 15.7 Å². The molecule has 0 spiro atoms. The highest BCUT2D eigenvalue weighted by Crippen LogP contribution is 2.26. The van der Waals surface area contributed by atoms with Crippen LogP contribution in [0.4, 0.5) is 5.69 Å². The largest absolute Gasteiger partial charge is 0.495 e. The molecule has 0 saturated carbocycles. The Labute approximate surface area is 120 Å². The van der Waals surface area contributed by atoms with Crippen molar-refractivity contribution in [2.45, 2.75) is 11.3 Å². The van der Waals surface area contributed by atoms with Gasteiger partial charge in [0, 0.05) is 18.8 Å². The van der Waals surface area contributed by atoms with Crippen molar-refractivity contribution in [1.82, 2.24) is 9.62 Å². The van der Waals surface area contributed by atoms with E-state index < -0.39 is 10.0 Å². The predicted molar refractivity (Wildman–Crippen MR) is 78.2 cm³/mol. The molecule has 2 rings (SSSR count). The Kier molecular flexibility index (Phi) is 4.52. The Morgan fingerprint density at radius 3 is 2.85 bits per heavy atom. The Morgan fingerprint density at radius 1 is 1.50 bits per heavy atom. The number of methoxy groups -OCH3 is 1. The maximum Gasteiger partial charge on any atom is 0.244 e. The zero-order valence-corrected chi connectivity index (χ0v) is 12.6. The van der Waals surface area contributed by atoms with E-state index in [-0.39, 0.29) is 4.90 Å². The average Bonchev–Trinajstić information content (AvgIpc) is 2.82. The van der Waals surface area contributed by atoms with Crippen molar-refractivity contribution in [2.75, 3.05) is 39.5 Å². The van der Waals surface area contributed by atoms with Gasteiger partial charge in [-0.25, -0.2) is 13.1 Å². The van der Waals surface area contributed by atoms with Crippen LogP contribution in [0.2, 0.25) is 0 Å². The molecule has 0 aromatic heterocycles. The van der Waals surface area contributed by atoms with Gasteiger partial charge in [-0.05, 0) is 44.1 Å². The molecular weight excluding hydrogens is 278 g/mol. The number of nitrogens with zero attached hydrogens (tertiary/aromatic N) is 1. The van der Waals surface area contributed by atoms with Crippen molar-refractivity contribution in [3.05, 3.63) is 18.2 Å². The summed E-state index contributed by atoms with van der Waals surface area (Å²) in [7, 11) is -0.126. The van der Waals surface area contributed by atoms with E-state index in [0.717, 1.165) is 19.5 Å². The van der Waals surface area contributed by atoms with Crippen LogP contribution in [0, 0.1) is 5.92 Å². The summed E-state index contributed by atoms with van der Waals surface area (Å²) in [6.45, 7) is 2.36. The Hall–Kier alpha value is -1.31. The van der Waals surface area contributed by atoms with Gasteiger partial charge in [0.2, 0.25) is 10.0 Å². The average molecular weight is 299 g/mol. The molecular formula is C13H21N3O3S. The number of nitrogens with two attached hydrogens (primary N) is 1. The number of ether oxygens (including phenoxy) is 1. The number of nitrogens with one attached hydrogen (secondary N) is 1. The number of hydrogen-bond acceptors (Lipinski definition) is 5. The predicted octanol–water partition coefficient (Wildman–Crippen LogP) is 0.507. The first-order valence-electron chi connectivity index (χ1n) is 6.54. The Morgan fingerprint density at radius 2 is 2.25 bits per heavy atom. The summed E-state index contributed by atoms with van der Waals surface area (Å²) in [5.74, 6) is 0.650. The second kappa shape index (κ2) is 5.99. The third kappa shape index (κ3) is 3.41. The van der Waals surface area contributed by atoms with Crippen LogP contribution in [-0.4, -0.2) is 47.1 Å². The number of nitrogen functional groups attached to an aromatic ring is 1. The van der Waals surface area contributed by atoms with Crippen LogP contribution in [0.3, 0.4) is 0 Å². The Bertz CT molecular complexity index is 574. The molecule has 1 unspecified atom stereocenters. The summed E-state index contributed by atoms with van der Waals surface area (Å²) in [4.78, 5) is 2.28.